The van der Waals surface area contributed by atoms with Crippen molar-refractivity contribution in [3.8, 4) is 0 Å². The van der Waals surface area contributed by atoms with Crippen LogP contribution in [0.4, 0.5) is 0 Å². The summed E-state index contributed by atoms with van der Waals surface area (Å²) < 4.78 is 0. The Morgan fingerprint density at radius 2 is 2.38 bits per heavy atom. The van der Waals surface area contributed by atoms with Crippen LogP contribution >= 0.6 is 11.6 Å². The maximum absolute atomic E-state index is 11.2. The predicted octanol–water partition coefficient (Wildman–Crippen LogP) is 2.03. The van der Waals surface area contributed by atoms with Gasteiger partial charge in [-0.25, -0.2) is 5.48 Å². The number of amides is 1. The minimum atomic E-state index is -0.370. The summed E-state index contributed by atoms with van der Waals surface area (Å²) in [4.78, 5) is 15.2. The van der Waals surface area contributed by atoms with Crippen LogP contribution in [0, 0.1) is 5.92 Å². The number of allylic oxidation sites excluding steroid dienone is 1. The minimum Gasteiger partial charge on any atom is -0.289 e. The number of aromatic nitrogens is 1. The van der Waals surface area contributed by atoms with E-state index in [0.29, 0.717) is 11.4 Å². The smallest absolute Gasteiger partial charge is 0.250 e. The zero-order valence-corrected chi connectivity index (χ0v) is 9.24. The summed E-state index contributed by atoms with van der Waals surface area (Å²) in [6, 6.07) is 1.82. The molecule has 1 aromatic rings. The molecule has 0 aliphatic heterocycles. The molecule has 0 spiro atoms. The van der Waals surface area contributed by atoms with Gasteiger partial charge in [0, 0.05) is 12.4 Å². The van der Waals surface area contributed by atoms with E-state index in [9.17, 15) is 4.79 Å². The Bertz CT molecular complexity index is 445. The number of carbonyl (C=O) groups excluding carboxylic acids is 1. The lowest BCUT2D eigenvalue weighted by atomic mass is 10.1. The molecule has 1 aromatic heterocycles. The van der Waals surface area contributed by atoms with Gasteiger partial charge in [-0.3, -0.25) is 15.0 Å². The first-order valence-corrected chi connectivity index (χ1v) is 5.34. The molecule has 0 fully saturated rings. The van der Waals surface area contributed by atoms with Gasteiger partial charge in [-0.1, -0.05) is 17.7 Å². The van der Waals surface area contributed by atoms with Crippen LogP contribution in [0.1, 0.15) is 18.4 Å². The van der Waals surface area contributed by atoms with Gasteiger partial charge in [0.25, 0.3) is 0 Å². The van der Waals surface area contributed by atoms with Gasteiger partial charge < -0.3 is 0 Å². The van der Waals surface area contributed by atoms with E-state index in [1.807, 2.05) is 12.1 Å². The fraction of sp³-hybridized carbons (Fsp3) is 0.273. The Hall–Kier alpha value is -1.39. The van der Waals surface area contributed by atoms with E-state index < -0.39 is 0 Å². The summed E-state index contributed by atoms with van der Waals surface area (Å²) in [6.07, 6.45) is 6.63. The molecule has 4 nitrogen and oxygen atoms in total. The highest BCUT2D eigenvalue weighted by Crippen LogP contribution is 2.32. The summed E-state index contributed by atoms with van der Waals surface area (Å²) in [6.45, 7) is 0. The highest BCUT2D eigenvalue weighted by atomic mass is 35.5. The topological polar surface area (TPSA) is 62.2 Å². The van der Waals surface area contributed by atoms with Crippen molar-refractivity contribution in [3.63, 3.8) is 0 Å². The normalized spacial score (nSPS) is 19.4. The van der Waals surface area contributed by atoms with Gasteiger partial charge in [0.15, 0.2) is 0 Å². The zero-order chi connectivity index (χ0) is 11.5. The lowest BCUT2D eigenvalue weighted by Gasteiger charge is -2.01. The molecule has 0 saturated heterocycles. The van der Waals surface area contributed by atoms with Crippen molar-refractivity contribution >= 4 is 23.1 Å². The first-order chi connectivity index (χ1) is 7.70. The highest BCUT2D eigenvalue weighted by Gasteiger charge is 2.23. The van der Waals surface area contributed by atoms with Gasteiger partial charge in [-0.05, 0) is 30.0 Å². The first kappa shape index (κ1) is 11.1. The number of rotatable bonds is 2. The number of nitrogens with zero attached hydrogens (tertiary/aromatic N) is 1. The average molecular weight is 239 g/mol. The maximum atomic E-state index is 11.2. The number of carbonyl (C=O) groups is 1. The van der Waals surface area contributed by atoms with Crippen molar-refractivity contribution in [1.29, 1.82) is 0 Å². The Kier molecular flexibility index (Phi) is 3.22. The van der Waals surface area contributed by atoms with Crippen LogP contribution < -0.4 is 5.48 Å². The van der Waals surface area contributed by atoms with E-state index in [4.69, 9.17) is 16.8 Å². The van der Waals surface area contributed by atoms with E-state index in [2.05, 4.69) is 4.98 Å². The molecule has 1 unspecified atom stereocenters. The number of hydrogen-bond acceptors (Lipinski definition) is 3. The Morgan fingerprint density at radius 1 is 1.56 bits per heavy atom. The van der Waals surface area contributed by atoms with Crippen molar-refractivity contribution in [3.05, 3.63) is 35.1 Å². The van der Waals surface area contributed by atoms with Crippen LogP contribution in [-0.2, 0) is 4.79 Å². The van der Waals surface area contributed by atoms with Crippen LogP contribution in [0.25, 0.3) is 5.57 Å². The van der Waals surface area contributed by atoms with Crippen molar-refractivity contribution in [2.75, 3.05) is 0 Å². The fourth-order valence-corrected chi connectivity index (χ4v) is 2.01. The summed E-state index contributed by atoms with van der Waals surface area (Å²) in [5.74, 6) is -0.635. The molecule has 1 heterocycles. The second kappa shape index (κ2) is 4.63. The SMILES string of the molecule is O=C(NO)C1C=C(c2cncc(Cl)c2)CC1. The van der Waals surface area contributed by atoms with Gasteiger partial charge in [-0.2, -0.15) is 0 Å². The molecular weight excluding hydrogens is 228 g/mol. The zero-order valence-electron chi connectivity index (χ0n) is 8.48. The quantitative estimate of drug-likeness (QED) is 0.612. The van der Waals surface area contributed by atoms with Crippen molar-refractivity contribution < 1.29 is 10.0 Å². The maximum Gasteiger partial charge on any atom is 0.250 e. The second-order valence-electron chi connectivity index (χ2n) is 3.70. The van der Waals surface area contributed by atoms with Crippen molar-refractivity contribution in [1.82, 2.24) is 10.5 Å². The number of hydroxylamine groups is 1. The molecule has 16 heavy (non-hydrogen) atoms. The Balaban J connectivity index is 2.21. The van der Waals surface area contributed by atoms with Crippen LogP contribution in [0.2, 0.25) is 5.02 Å². The highest BCUT2D eigenvalue weighted by molar-refractivity contribution is 6.30. The van der Waals surface area contributed by atoms with Crippen molar-refractivity contribution in [2.45, 2.75) is 12.8 Å². The number of nitrogens with one attached hydrogen (secondary N) is 1. The molecule has 1 aliphatic carbocycles. The van der Waals surface area contributed by atoms with E-state index >= 15 is 0 Å². The van der Waals surface area contributed by atoms with E-state index in [1.54, 1.807) is 17.9 Å². The minimum absolute atomic E-state index is 0.265. The summed E-state index contributed by atoms with van der Waals surface area (Å²) in [5, 5.41) is 9.11. The molecule has 0 bridgehead atoms. The molecule has 84 valence electrons. The summed E-state index contributed by atoms with van der Waals surface area (Å²) >= 11 is 5.84. The lowest BCUT2D eigenvalue weighted by molar-refractivity contribution is -0.131. The largest absolute Gasteiger partial charge is 0.289 e. The van der Waals surface area contributed by atoms with Crippen LogP contribution in [0.5, 0.6) is 0 Å². The monoisotopic (exact) mass is 238 g/mol. The molecule has 1 atom stereocenters. The summed E-state index contributed by atoms with van der Waals surface area (Å²) in [7, 11) is 0. The van der Waals surface area contributed by atoms with Crippen LogP contribution in [0.3, 0.4) is 0 Å². The van der Waals surface area contributed by atoms with E-state index in [1.165, 1.54) is 0 Å². The number of halogens is 1. The molecule has 0 radical (unpaired) electrons. The Labute approximate surface area is 97.9 Å². The molecule has 0 aromatic carbocycles. The van der Waals surface area contributed by atoms with Gasteiger partial charge in [-0.15, -0.1) is 0 Å². The van der Waals surface area contributed by atoms with E-state index in [0.717, 1.165) is 17.6 Å². The molecule has 5 heteroatoms. The third kappa shape index (κ3) is 2.23. The molecule has 2 rings (SSSR count). The standard InChI is InChI=1S/C11H11ClN2O2/c12-10-4-9(5-13-6-10)7-1-2-8(3-7)11(15)14-16/h3-6,8,16H,1-2H2,(H,14,15). The van der Waals surface area contributed by atoms with Gasteiger partial charge >= 0.3 is 0 Å². The second-order valence-corrected chi connectivity index (χ2v) is 4.14. The van der Waals surface area contributed by atoms with Gasteiger partial charge in [0.05, 0.1) is 10.9 Å². The molecule has 1 aliphatic rings. The molecule has 1 amide bonds. The van der Waals surface area contributed by atoms with Gasteiger partial charge in [0.1, 0.15) is 0 Å². The van der Waals surface area contributed by atoms with Crippen molar-refractivity contribution in [2.24, 2.45) is 5.92 Å². The predicted molar refractivity (Wildman–Crippen MR) is 59.9 cm³/mol. The lowest BCUT2D eigenvalue weighted by Crippen LogP contribution is -2.25. The average Bonchev–Trinajstić information content (AvgIpc) is 2.77. The van der Waals surface area contributed by atoms with Crippen LogP contribution in [-0.4, -0.2) is 16.1 Å². The fourth-order valence-electron chi connectivity index (χ4n) is 1.84. The number of hydrogen-bond donors (Lipinski definition) is 2. The van der Waals surface area contributed by atoms with E-state index in [-0.39, 0.29) is 11.8 Å². The summed E-state index contributed by atoms with van der Waals surface area (Å²) in [5.41, 5.74) is 3.64. The molecule has 2 N–H and O–H groups in total. The molecular formula is C11H11ClN2O2. The first-order valence-electron chi connectivity index (χ1n) is 4.96. The third-order valence-electron chi connectivity index (χ3n) is 2.65. The Morgan fingerprint density at radius 3 is 3.06 bits per heavy atom. The third-order valence-corrected chi connectivity index (χ3v) is 2.86. The number of pyridine rings is 1. The van der Waals surface area contributed by atoms with Gasteiger partial charge in [0.2, 0.25) is 5.91 Å². The molecule has 0 saturated carbocycles. The van der Waals surface area contributed by atoms with Crippen LogP contribution in [0.15, 0.2) is 24.5 Å².